The summed E-state index contributed by atoms with van der Waals surface area (Å²) >= 11 is 0. The van der Waals surface area contributed by atoms with E-state index < -0.39 is 18.1 Å². The largest absolute Gasteiger partial charge is 0.481 e. The fourth-order valence-corrected chi connectivity index (χ4v) is 0.929. The molecule has 0 heterocycles. The van der Waals surface area contributed by atoms with Gasteiger partial charge in [0.05, 0.1) is 12.6 Å². The van der Waals surface area contributed by atoms with Crippen molar-refractivity contribution in [2.45, 2.75) is 19.5 Å². The van der Waals surface area contributed by atoms with Crippen molar-refractivity contribution < 1.29 is 24.6 Å². The molecule has 0 saturated heterocycles. The highest BCUT2D eigenvalue weighted by Crippen LogP contribution is 1.90. The quantitative estimate of drug-likeness (QED) is 0.244. The first-order valence-electron chi connectivity index (χ1n) is 4.57. The SMILES string of the molecule is CC(NCCC(=O)O)N/C(=C\C=O)C(=O)O. The highest BCUT2D eigenvalue weighted by atomic mass is 16.4. The lowest BCUT2D eigenvalue weighted by Gasteiger charge is -2.16. The standard InChI is InChI=1S/C9H14N2O5/c1-6(10-4-2-8(13)14)11-7(3-5-12)9(15)16/h3,5-6,10-11H,2,4H2,1H3,(H,13,14)(H,15,16)/b7-3-. The van der Waals surface area contributed by atoms with Crippen molar-refractivity contribution in [1.82, 2.24) is 10.6 Å². The number of carboxylic acid groups (broad SMARTS) is 2. The summed E-state index contributed by atoms with van der Waals surface area (Å²) in [6.45, 7) is 1.82. The van der Waals surface area contributed by atoms with Gasteiger partial charge in [-0.3, -0.25) is 14.9 Å². The van der Waals surface area contributed by atoms with Gasteiger partial charge in [-0.15, -0.1) is 0 Å². The van der Waals surface area contributed by atoms with Crippen LogP contribution in [0.2, 0.25) is 0 Å². The number of carboxylic acids is 2. The van der Waals surface area contributed by atoms with E-state index in [1.165, 1.54) is 0 Å². The number of aliphatic carboxylic acids is 2. The van der Waals surface area contributed by atoms with E-state index in [0.29, 0.717) is 6.29 Å². The third kappa shape index (κ3) is 6.55. The van der Waals surface area contributed by atoms with Crippen LogP contribution >= 0.6 is 0 Å². The zero-order valence-electron chi connectivity index (χ0n) is 8.77. The van der Waals surface area contributed by atoms with Gasteiger partial charge < -0.3 is 15.5 Å². The lowest BCUT2D eigenvalue weighted by molar-refractivity contribution is -0.137. The molecule has 7 heteroatoms. The molecule has 0 aliphatic rings. The zero-order valence-corrected chi connectivity index (χ0v) is 8.77. The molecule has 0 spiro atoms. The van der Waals surface area contributed by atoms with Crippen molar-refractivity contribution in [1.29, 1.82) is 0 Å². The number of hydrogen-bond acceptors (Lipinski definition) is 5. The van der Waals surface area contributed by atoms with Crippen LogP contribution in [0.5, 0.6) is 0 Å². The molecule has 0 amide bonds. The highest BCUT2D eigenvalue weighted by Gasteiger charge is 2.10. The smallest absolute Gasteiger partial charge is 0.352 e. The normalized spacial score (nSPS) is 12.9. The molecule has 0 saturated carbocycles. The van der Waals surface area contributed by atoms with Crippen molar-refractivity contribution in [2.75, 3.05) is 6.54 Å². The Morgan fingerprint density at radius 2 is 2.00 bits per heavy atom. The van der Waals surface area contributed by atoms with Gasteiger partial charge >= 0.3 is 11.9 Å². The van der Waals surface area contributed by atoms with Crippen molar-refractivity contribution in [2.24, 2.45) is 0 Å². The summed E-state index contributed by atoms with van der Waals surface area (Å²) in [5.41, 5.74) is -0.245. The molecule has 0 aromatic heterocycles. The fourth-order valence-electron chi connectivity index (χ4n) is 0.929. The van der Waals surface area contributed by atoms with Gasteiger partial charge in [0.15, 0.2) is 0 Å². The summed E-state index contributed by atoms with van der Waals surface area (Å²) in [6, 6.07) is 0. The van der Waals surface area contributed by atoms with Crippen LogP contribution in [0.15, 0.2) is 11.8 Å². The highest BCUT2D eigenvalue weighted by molar-refractivity contribution is 5.90. The van der Waals surface area contributed by atoms with E-state index in [9.17, 15) is 14.4 Å². The van der Waals surface area contributed by atoms with Gasteiger partial charge in [0.2, 0.25) is 0 Å². The molecular weight excluding hydrogens is 216 g/mol. The van der Waals surface area contributed by atoms with Crippen LogP contribution in [0.4, 0.5) is 0 Å². The molecule has 0 aromatic carbocycles. The lowest BCUT2D eigenvalue weighted by atomic mass is 10.3. The Labute approximate surface area is 92.1 Å². The van der Waals surface area contributed by atoms with Crippen LogP contribution < -0.4 is 10.6 Å². The Morgan fingerprint density at radius 3 is 2.44 bits per heavy atom. The summed E-state index contributed by atoms with van der Waals surface area (Å²) in [4.78, 5) is 30.9. The van der Waals surface area contributed by atoms with Crippen LogP contribution in [0, 0.1) is 0 Å². The summed E-state index contributed by atoms with van der Waals surface area (Å²) in [6.07, 6.45) is 0.742. The number of rotatable bonds is 8. The van der Waals surface area contributed by atoms with Crippen molar-refractivity contribution in [3.8, 4) is 0 Å². The maximum atomic E-state index is 10.6. The van der Waals surface area contributed by atoms with E-state index in [4.69, 9.17) is 10.2 Å². The van der Waals surface area contributed by atoms with Crippen LogP contribution in [-0.4, -0.2) is 41.1 Å². The number of aldehydes is 1. The second kappa shape index (κ2) is 7.41. The van der Waals surface area contributed by atoms with Crippen molar-refractivity contribution >= 4 is 18.2 Å². The van der Waals surface area contributed by atoms with Gasteiger partial charge in [-0.05, 0) is 6.92 Å². The Bertz CT molecular complexity index is 300. The maximum Gasteiger partial charge on any atom is 0.352 e. The van der Waals surface area contributed by atoms with E-state index in [2.05, 4.69) is 10.6 Å². The Hall–Kier alpha value is -1.89. The Balaban J connectivity index is 4.05. The molecule has 0 aromatic rings. The van der Waals surface area contributed by atoms with Crippen LogP contribution in [0.1, 0.15) is 13.3 Å². The van der Waals surface area contributed by atoms with Crippen LogP contribution in [0.25, 0.3) is 0 Å². The van der Waals surface area contributed by atoms with Gasteiger partial charge in [-0.1, -0.05) is 0 Å². The predicted octanol–water partition coefficient (Wildman–Crippen LogP) is -0.846. The van der Waals surface area contributed by atoms with E-state index in [1.54, 1.807) is 6.92 Å². The minimum absolute atomic E-state index is 0.0637. The van der Waals surface area contributed by atoms with E-state index in [-0.39, 0.29) is 18.7 Å². The summed E-state index contributed by atoms with van der Waals surface area (Å²) in [5.74, 6) is -2.19. The minimum atomic E-state index is -1.25. The number of hydrogen-bond donors (Lipinski definition) is 4. The summed E-state index contributed by atoms with van der Waals surface area (Å²) in [5, 5.41) is 22.3. The van der Waals surface area contributed by atoms with E-state index in [1.807, 2.05) is 0 Å². The molecule has 0 bridgehead atoms. The molecule has 16 heavy (non-hydrogen) atoms. The third-order valence-electron chi connectivity index (χ3n) is 1.63. The van der Waals surface area contributed by atoms with Gasteiger partial charge in [-0.2, -0.15) is 0 Å². The van der Waals surface area contributed by atoms with Gasteiger partial charge in [0, 0.05) is 12.6 Å². The Kier molecular flexibility index (Phi) is 6.53. The fraction of sp³-hybridized carbons (Fsp3) is 0.444. The van der Waals surface area contributed by atoms with Crippen LogP contribution in [-0.2, 0) is 14.4 Å². The topological polar surface area (TPSA) is 116 Å². The zero-order chi connectivity index (χ0) is 12.6. The van der Waals surface area contributed by atoms with Crippen molar-refractivity contribution in [3.05, 3.63) is 11.8 Å². The van der Waals surface area contributed by atoms with E-state index >= 15 is 0 Å². The van der Waals surface area contributed by atoms with Crippen molar-refractivity contribution in [3.63, 3.8) is 0 Å². The number of nitrogens with one attached hydrogen (secondary N) is 2. The monoisotopic (exact) mass is 230 g/mol. The molecule has 7 nitrogen and oxygen atoms in total. The third-order valence-corrected chi connectivity index (χ3v) is 1.63. The van der Waals surface area contributed by atoms with Gasteiger partial charge in [-0.25, -0.2) is 4.79 Å². The lowest BCUT2D eigenvalue weighted by Crippen LogP contribution is -2.41. The Morgan fingerprint density at radius 1 is 1.38 bits per heavy atom. The molecular formula is C9H14N2O5. The molecule has 0 radical (unpaired) electrons. The second-order valence-corrected chi connectivity index (χ2v) is 2.99. The minimum Gasteiger partial charge on any atom is -0.481 e. The number of carbonyl (C=O) groups excluding carboxylic acids is 1. The number of carbonyl (C=O) groups is 3. The number of allylic oxidation sites excluding steroid dienone is 1. The molecule has 0 rings (SSSR count). The molecule has 90 valence electrons. The average molecular weight is 230 g/mol. The van der Waals surface area contributed by atoms with Gasteiger partial charge in [0.25, 0.3) is 0 Å². The first-order valence-corrected chi connectivity index (χ1v) is 4.57. The van der Waals surface area contributed by atoms with Crippen LogP contribution in [0.3, 0.4) is 0 Å². The van der Waals surface area contributed by atoms with E-state index in [0.717, 1.165) is 6.08 Å². The first kappa shape index (κ1) is 14.1. The molecule has 4 N–H and O–H groups in total. The molecule has 0 aliphatic carbocycles. The first-order chi connectivity index (χ1) is 7.47. The molecule has 0 aliphatic heterocycles. The maximum absolute atomic E-state index is 10.6. The summed E-state index contributed by atoms with van der Waals surface area (Å²) < 4.78 is 0. The molecule has 1 atom stereocenters. The molecule has 1 unspecified atom stereocenters. The predicted molar refractivity (Wildman–Crippen MR) is 54.6 cm³/mol. The summed E-state index contributed by atoms with van der Waals surface area (Å²) in [7, 11) is 0. The van der Waals surface area contributed by atoms with Gasteiger partial charge in [0.1, 0.15) is 12.0 Å². The average Bonchev–Trinajstić information content (AvgIpc) is 2.16. The second-order valence-electron chi connectivity index (χ2n) is 2.99. The molecule has 0 fully saturated rings.